The largest absolute Gasteiger partial charge is 0.432 e. The molecule has 0 spiro atoms. The van der Waals surface area contributed by atoms with Gasteiger partial charge in [0.25, 0.3) is 5.17 Å². The Labute approximate surface area is 158 Å². The minimum Gasteiger partial charge on any atom is -0.432 e. The van der Waals surface area contributed by atoms with E-state index >= 15 is 0 Å². The van der Waals surface area contributed by atoms with Crippen LogP contribution in [0.25, 0.3) is 6.08 Å². The summed E-state index contributed by atoms with van der Waals surface area (Å²) in [5.41, 5.74) is 1.50. The predicted octanol–water partition coefficient (Wildman–Crippen LogP) is 4.88. The standard InChI is InChI=1S/C18H16ClNO2S.ClH/c1-20(2)18(23)22-16-10-6-14(7-11-16)17(21)12-5-13-3-8-15(19)9-4-13;/h3-12H,1-2H3;1H/b12-5+;. The molecule has 2 aromatic rings. The van der Waals surface area contributed by atoms with Gasteiger partial charge in [-0.25, -0.2) is 0 Å². The van der Waals surface area contributed by atoms with Crippen molar-refractivity contribution in [3.63, 3.8) is 0 Å². The van der Waals surface area contributed by atoms with Crippen LogP contribution in [0, 0.1) is 0 Å². The van der Waals surface area contributed by atoms with Crippen molar-refractivity contribution in [2.45, 2.75) is 0 Å². The van der Waals surface area contributed by atoms with Crippen LogP contribution in [0.2, 0.25) is 5.02 Å². The Bertz CT molecular complexity index is 726. The highest BCUT2D eigenvalue weighted by Gasteiger charge is 2.05. The molecule has 0 amide bonds. The van der Waals surface area contributed by atoms with Gasteiger partial charge in [0.15, 0.2) is 5.78 Å². The second-order valence-corrected chi connectivity index (χ2v) is 5.82. The molecule has 0 aliphatic heterocycles. The molecule has 0 saturated carbocycles. The van der Waals surface area contributed by atoms with Crippen molar-refractivity contribution in [3.8, 4) is 5.75 Å². The van der Waals surface area contributed by atoms with Crippen LogP contribution < -0.4 is 4.74 Å². The minimum absolute atomic E-state index is 0. The molecular weight excluding hydrogens is 365 g/mol. The summed E-state index contributed by atoms with van der Waals surface area (Å²) in [7, 11) is 3.61. The van der Waals surface area contributed by atoms with Crippen molar-refractivity contribution < 1.29 is 9.53 Å². The van der Waals surface area contributed by atoms with E-state index in [0.717, 1.165) is 5.56 Å². The lowest BCUT2D eigenvalue weighted by Crippen LogP contribution is -2.24. The molecule has 0 fully saturated rings. The van der Waals surface area contributed by atoms with Gasteiger partial charge in [0.1, 0.15) is 5.75 Å². The van der Waals surface area contributed by atoms with E-state index in [9.17, 15) is 4.79 Å². The second-order valence-electron chi connectivity index (χ2n) is 5.04. The first-order valence-electron chi connectivity index (χ1n) is 6.93. The molecule has 0 aliphatic rings. The predicted molar refractivity (Wildman–Crippen MR) is 105 cm³/mol. The van der Waals surface area contributed by atoms with Gasteiger partial charge >= 0.3 is 0 Å². The molecule has 0 bridgehead atoms. The summed E-state index contributed by atoms with van der Waals surface area (Å²) in [5.74, 6) is 0.517. The number of allylic oxidation sites excluding steroid dienone is 1. The molecule has 126 valence electrons. The summed E-state index contributed by atoms with van der Waals surface area (Å²) in [6, 6.07) is 14.1. The number of nitrogens with zero attached hydrogens (tertiary/aromatic N) is 1. The summed E-state index contributed by atoms with van der Waals surface area (Å²) in [6.45, 7) is 0. The summed E-state index contributed by atoms with van der Waals surface area (Å²) in [6.07, 6.45) is 3.29. The van der Waals surface area contributed by atoms with Crippen LogP contribution in [0.5, 0.6) is 5.75 Å². The molecule has 6 heteroatoms. The summed E-state index contributed by atoms with van der Waals surface area (Å²) >= 11 is 10.9. The van der Waals surface area contributed by atoms with Gasteiger partial charge in [-0.3, -0.25) is 4.79 Å². The fourth-order valence-electron chi connectivity index (χ4n) is 1.72. The number of hydrogen-bond donors (Lipinski definition) is 0. The second kappa shape index (κ2) is 9.42. The first-order chi connectivity index (χ1) is 11.0. The van der Waals surface area contributed by atoms with Crippen molar-refractivity contribution in [1.82, 2.24) is 4.90 Å². The molecule has 0 atom stereocenters. The smallest absolute Gasteiger partial charge is 0.264 e. The first-order valence-corrected chi connectivity index (χ1v) is 7.71. The Balaban J connectivity index is 0.00000288. The molecule has 0 radical (unpaired) electrons. The summed E-state index contributed by atoms with van der Waals surface area (Å²) < 4.78 is 5.47. The number of hydrogen-bond acceptors (Lipinski definition) is 3. The van der Waals surface area contributed by atoms with Crippen LogP contribution in [0.4, 0.5) is 0 Å². The van der Waals surface area contributed by atoms with Crippen LogP contribution in [-0.2, 0) is 0 Å². The molecule has 3 nitrogen and oxygen atoms in total. The third-order valence-electron chi connectivity index (χ3n) is 3.01. The average molecular weight is 382 g/mol. The highest BCUT2D eigenvalue weighted by molar-refractivity contribution is 7.80. The number of ether oxygens (including phenoxy) is 1. The molecule has 24 heavy (non-hydrogen) atoms. The number of carbonyl (C=O) groups is 1. The molecule has 0 heterocycles. The van der Waals surface area contributed by atoms with Crippen molar-refractivity contribution in [2.75, 3.05) is 14.1 Å². The first kappa shape index (κ1) is 20.2. The lowest BCUT2D eigenvalue weighted by Gasteiger charge is -2.13. The fourth-order valence-corrected chi connectivity index (χ4v) is 1.94. The number of benzene rings is 2. The van der Waals surface area contributed by atoms with E-state index in [1.807, 2.05) is 26.2 Å². The third kappa shape index (κ3) is 5.96. The average Bonchev–Trinajstić information content (AvgIpc) is 2.54. The number of thiocarbonyl (C=S) groups is 1. The third-order valence-corrected chi connectivity index (χ3v) is 3.71. The molecule has 0 aliphatic carbocycles. The van der Waals surface area contributed by atoms with E-state index in [4.69, 9.17) is 28.6 Å². The van der Waals surface area contributed by atoms with Crippen molar-refractivity contribution in [1.29, 1.82) is 0 Å². The molecule has 0 unspecified atom stereocenters. The quantitative estimate of drug-likeness (QED) is 0.428. The minimum atomic E-state index is -0.0818. The van der Waals surface area contributed by atoms with Gasteiger partial charge in [0, 0.05) is 24.7 Å². The molecule has 2 aromatic carbocycles. The fraction of sp³-hybridized carbons (Fsp3) is 0.111. The molecule has 0 aromatic heterocycles. The SMILES string of the molecule is CN(C)C(=S)Oc1ccc(C(=O)/C=C/c2ccc(Cl)cc2)cc1.Cl. The number of carbonyl (C=O) groups excluding carboxylic acids is 1. The van der Waals surface area contributed by atoms with E-state index in [-0.39, 0.29) is 18.2 Å². The van der Waals surface area contributed by atoms with Gasteiger partial charge in [0.05, 0.1) is 0 Å². The van der Waals surface area contributed by atoms with E-state index in [1.54, 1.807) is 47.4 Å². The molecular formula is C18H17Cl2NO2S. The normalized spacial score (nSPS) is 10.1. The molecule has 0 saturated heterocycles. The van der Waals surface area contributed by atoms with Crippen LogP contribution >= 0.6 is 36.2 Å². The number of halogens is 2. The van der Waals surface area contributed by atoms with Crippen LogP contribution in [-0.4, -0.2) is 30.0 Å². The van der Waals surface area contributed by atoms with Crippen LogP contribution in [0.1, 0.15) is 15.9 Å². The van der Waals surface area contributed by atoms with Gasteiger partial charge in [0.2, 0.25) is 0 Å². The van der Waals surface area contributed by atoms with E-state index in [1.165, 1.54) is 6.08 Å². The Morgan fingerprint density at radius 2 is 1.67 bits per heavy atom. The topological polar surface area (TPSA) is 29.5 Å². The van der Waals surface area contributed by atoms with E-state index < -0.39 is 0 Å². The van der Waals surface area contributed by atoms with Gasteiger partial charge in [-0.15, -0.1) is 12.4 Å². The number of ketones is 1. The van der Waals surface area contributed by atoms with Crippen molar-refractivity contribution in [2.24, 2.45) is 0 Å². The van der Waals surface area contributed by atoms with Gasteiger partial charge < -0.3 is 9.64 Å². The molecule has 2 rings (SSSR count). The van der Waals surface area contributed by atoms with Crippen molar-refractivity contribution >= 4 is 53.3 Å². The summed E-state index contributed by atoms with van der Waals surface area (Å²) in [4.78, 5) is 13.8. The van der Waals surface area contributed by atoms with Crippen molar-refractivity contribution in [3.05, 3.63) is 70.8 Å². The van der Waals surface area contributed by atoms with Crippen LogP contribution in [0.15, 0.2) is 54.6 Å². The highest BCUT2D eigenvalue weighted by Crippen LogP contribution is 2.15. The zero-order valence-corrected chi connectivity index (χ0v) is 15.6. The number of rotatable bonds is 4. The van der Waals surface area contributed by atoms with Gasteiger partial charge in [-0.05, 0) is 60.3 Å². The lowest BCUT2D eigenvalue weighted by atomic mass is 10.1. The Morgan fingerprint density at radius 3 is 2.21 bits per heavy atom. The van der Waals surface area contributed by atoms with Gasteiger partial charge in [-0.2, -0.15) is 0 Å². The van der Waals surface area contributed by atoms with E-state index in [0.29, 0.717) is 21.5 Å². The molecule has 0 N–H and O–H groups in total. The Kier molecular flexibility index (Phi) is 7.92. The van der Waals surface area contributed by atoms with Gasteiger partial charge in [-0.1, -0.05) is 29.8 Å². The monoisotopic (exact) mass is 381 g/mol. The summed E-state index contributed by atoms with van der Waals surface area (Å²) in [5, 5.41) is 1.03. The Morgan fingerprint density at radius 1 is 1.08 bits per heavy atom. The zero-order valence-electron chi connectivity index (χ0n) is 13.2. The zero-order chi connectivity index (χ0) is 16.8. The Hall–Kier alpha value is -1.88. The maximum absolute atomic E-state index is 12.1. The van der Waals surface area contributed by atoms with Crippen LogP contribution in [0.3, 0.4) is 0 Å². The maximum atomic E-state index is 12.1. The van der Waals surface area contributed by atoms with E-state index in [2.05, 4.69) is 0 Å². The highest BCUT2D eigenvalue weighted by atomic mass is 35.5. The lowest BCUT2D eigenvalue weighted by molar-refractivity contribution is 0.104. The maximum Gasteiger partial charge on any atom is 0.264 e.